The summed E-state index contributed by atoms with van der Waals surface area (Å²) in [4.78, 5) is 0. The van der Waals surface area contributed by atoms with Gasteiger partial charge in [-0.25, -0.2) is 0 Å². The molecule has 0 radical (unpaired) electrons. The lowest BCUT2D eigenvalue weighted by molar-refractivity contribution is -0.0573. The van der Waals surface area contributed by atoms with Gasteiger partial charge in [0.15, 0.2) is 17.8 Å². The highest BCUT2D eigenvalue weighted by molar-refractivity contribution is 5.42. The number of ether oxygens (including phenoxy) is 3. The van der Waals surface area contributed by atoms with Crippen LogP contribution in [-0.2, 0) is 9.47 Å². The van der Waals surface area contributed by atoms with Gasteiger partial charge >= 0.3 is 0 Å². The third-order valence-electron chi connectivity index (χ3n) is 2.39. The fraction of sp³-hybridized carbons (Fsp3) is 0.500. The van der Waals surface area contributed by atoms with Crippen molar-refractivity contribution in [3.05, 3.63) is 23.8 Å². The molecule has 2 rings (SSSR count). The quantitative estimate of drug-likeness (QED) is 0.855. The molecule has 0 saturated carbocycles. The van der Waals surface area contributed by atoms with Crippen LogP contribution in [0.5, 0.6) is 11.5 Å². The molecular weight excluding hydrogens is 208 g/mol. The molecule has 1 aromatic carbocycles. The lowest BCUT2D eigenvalue weighted by Gasteiger charge is -2.12. The fourth-order valence-corrected chi connectivity index (χ4v) is 1.64. The zero-order chi connectivity index (χ0) is 11.5. The molecule has 0 spiro atoms. The van der Waals surface area contributed by atoms with Crippen molar-refractivity contribution in [1.82, 2.24) is 0 Å². The molecule has 4 nitrogen and oxygen atoms in total. The van der Waals surface area contributed by atoms with Crippen LogP contribution in [0.15, 0.2) is 18.2 Å². The van der Waals surface area contributed by atoms with Crippen molar-refractivity contribution in [1.29, 1.82) is 0 Å². The van der Waals surface area contributed by atoms with Crippen molar-refractivity contribution in [3.8, 4) is 11.5 Å². The average Bonchev–Trinajstić information content (AvgIpc) is 2.69. The zero-order valence-electron chi connectivity index (χ0n) is 9.47. The molecule has 0 amide bonds. The van der Waals surface area contributed by atoms with E-state index in [1.54, 1.807) is 18.2 Å². The minimum absolute atomic E-state index is 0.106. The van der Waals surface area contributed by atoms with Gasteiger partial charge in [-0.15, -0.1) is 0 Å². The lowest BCUT2D eigenvalue weighted by Crippen LogP contribution is -2.03. The van der Waals surface area contributed by atoms with Crippen LogP contribution in [-0.4, -0.2) is 24.4 Å². The Balaban J connectivity index is 2.18. The molecule has 0 unspecified atom stereocenters. The van der Waals surface area contributed by atoms with Crippen LogP contribution in [0.1, 0.15) is 25.7 Å². The van der Waals surface area contributed by atoms with Crippen LogP contribution in [0.4, 0.5) is 0 Å². The standard InChI is InChI=1S/C12H16O4/c1-3-14-11-6-9(4-5-10(11)13)12-15-7-8(2)16-12/h4-6,8,12-13H,3,7H2,1-2H3/t8-,12+/m1/s1. The van der Waals surface area contributed by atoms with Crippen molar-refractivity contribution in [2.75, 3.05) is 13.2 Å². The summed E-state index contributed by atoms with van der Waals surface area (Å²) >= 11 is 0. The molecule has 2 atom stereocenters. The molecule has 1 aromatic rings. The molecule has 1 aliphatic rings. The van der Waals surface area contributed by atoms with E-state index in [4.69, 9.17) is 14.2 Å². The molecule has 1 saturated heterocycles. The molecule has 1 aliphatic heterocycles. The molecule has 1 N–H and O–H groups in total. The van der Waals surface area contributed by atoms with E-state index in [-0.39, 0.29) is 18.1 Å². The SMILES string of the molecule is CCOc1cc([C@H]2OC[C@@H](C)O2)ccc1O. The van der Waals surface area contributed by atoms with Crippen molar-refractivity contribution in [2.45, 2.75) is 26.2 Å². The zero-order valence-corrected chi connectivity index (χ0v) is 9.47. The Bertz CT molecular complexity index is 364. The van der Waals surface area contributed by atoms with Gasteiger partial charge in [0.25, 0.3) is 0 Å². The summed E-state index contributed by atoms with van der Waals surface area (Å²) in [5.41, 5.74) is 0.866. The maximum atomic E-state index is 9.55. The molecule has 16 heavy (non-hydrogen) atoms. The number of hydrogen-bond acceptors (Lipinski definition) is 4. The Morgan fingerprint density at radius 1 is 1.50 bits per heavy atom. The highest BCUT2D eigenvalue weighted by atomic mass is 16.7. The number of phenols is 1. The molecule has 0 aliphatic carbocycles. The molecule has 88 valence electrons. The normalized spacial score (nSPS) is 24.6. The maximum Gasteiger partial charge on any atom is 0.184 e. The summed E-state index contributed by atoms with van der Waals surface area (Å²) < 4.78 is 16.3. The predicted molar refractivity (Wildman–Crippen MR) is 58.5 cm³/mol. The number of phenolic OH excluding ortho intramolecular Hbond substituents is 1. The second-order valence-corrected chi connectivity index (χ2v) is 3.77. The molecule has 0 bridgehead atoms. The maximum absolute atomic E-state index is 9.55. The topological polar surface area (TPSA) is 47.9 Å². The van der Waals surface area contributed by atoms with Crippen molar-refractivity contribution in [3.63, 3.8) is 0 Å². The second-order valence-electron chi connectivity index (χ2n) is 3.77. The molecule has 1 fully saturated rings. The molecule has 4 heteroatoms. The van der Waals surface area contributed by atoms with Crippen molar-refractivity contribution in [2.24, 2.45) is 0 Å². The van der Waals surface area contributed by atoms with Gasteiger partial charge in [-0.05, 0) is 26.0 Å². The van der Waals surface area contributed by atoms with Gasteiger partial charge < -0.3 is 19.3 Å². The number of rotatable bonds is 3. The third kappa shape index (κ3) is 2.28. The summed E-state index contributed by atoms with van der Waals surface area (Å²) in [5.74, 6) is 0.600. The van der Waals surface area contributed by atoms with Gasteiger partial charge in [0.1, 0.15) is 0 Å². The molecule has 0 aromatic heterocycles. The fourth-order valence-electron chi connectivity index (χ4n) is 1.64. The first kappa shape index (κ1) is 11.2. The van der Waals surface area contributed by atoms with Crippen LogP contribution >= 0.6 is 0 Å². The van der Waals surface area contributed by atoms with Crippen LogP contribution in [0.3, 0.4) is 0 Å². The molecule has 1 heterocycles. The minimum Gasteiger partial charge on any atom is -0.504 e. The average molecular weight is 224 g/mol. The van der Waals surface area contributed by atoms with Gasteiger partial charge in [-0.3, -0.25) is 0 Å². The van der Waals surface area contributed by atoms with E-state index in [9.17, 15) is 5.11 Å². The van der Waals surface area contributed by atoms with Crippen molar-refractivity contribution >= 4 is 0 Å². The van der Waals surface area contributed by atoms with Crippen LogP contribution in [0.2, 0.25) is 0 Å². The Hall–Kier alpha value is -1.26. The Morgan fingerprint density at radius 3 is 2.94 bits per heavy atom. The van der Waals surface area contributed by atoms with Crippen LogP contribution in [0, 0.1) is 0 Å². The molecular formula is C12H16O4. The van der Waals surface area contributed by atoms with E-state index in [0.29, 0.717) is 19.0 Å². The summed E-state index contributed by atoms with van der Waals surface area (Å²) in [7, 11) is 0. The third-order valence-corrected chi connectivity index (χ3v) is 2.39. The smallest absolute Gasteiger partial charge is 0.184 e. The first-order valence-electron chi connectivity index (χ1n) is 5.43. The Labute approximate surface area is 94.8 Å². The van der Waals surface area contributed by atoms with Gasteiger partial charge in [0.05, 0.1) is 19.3 Å². The van der Waals surface area contributed by atoms with Gasteiger partial charge in [0, 0.05) is 5.56 Å². The number of hydrogen-bond donors (Lipinski definition) is 1. The van der Waals surface area contributed by atoms with Gasteiger partial charge in [-0.2, -0.15) is 0 Å². The Morgan fingerprint density at radius 2 is 2.31 bits per heavy atom. The lowest BCUT2D eigenvalue weighted by atomic mass is 10.2. The Kier molecular flexibility index (Phi) is 3.31. The summed E-state index contributed by atoms with van der Waals surface area (Å²) in [6.07, 6.45) is -0.246. The van der Waals surface area contributed by atoms with Crippen molar-refractivity contribution < 1.29 is 19.3 Å². The van der Waals surface area contributed by atoms with E-state index in [2.05, 4.69) is 0 Å². The van der Waals surface area contributed by atoms with Crippen LogP contribution in [0.25, 0.3) is 0 Å². The van der Waals surface area contributed by atoms with E-state index in [0.717, 1.165) is 5.56 Å². The summed E-state index contributed by atoms with van der Waals surface area (Å²) in [5, 5.41) is 9.55. The first-order valence-corrected chi connectivity index (χ1v) is 5.43. The first-order chi connectivity index (χ1) is 7.70. The summed E-state index contributed by atoms with van der Waals surface area (Å²) in [6, 6.07) is 5.12. The summed E-state index contributed by atoms with van der Waals surface area (Å²) in [6.45, 7) is 4.94. The van der Waals surface area contributed by atoms with Gasteiger partial charge in [-0.1, -0.05) is 6.07 Å². The highest BCUT2D eigenvalue weighted by Gasteiger charge is 2.24. The monoisotopic (exact) mass is 224 g/mol. The second kappa shape index (κ2) is 4.72. The number of benzene rings is 1. The van der Waals surface area contributed by atoms with E-state index in [1.165, 1.54) is 0 Å². The van der Waals surface area contributed by atoms with Gasteiger partial charge in [0.2, 0.25) is 0 Å². The predicted octanol–water partition coefficient (Wildman–Crippen LogP) is 2.22. The van der Waals surface area contributed by atoms with E-state index in [1.807, 2.05) is 13.8 Å². The minimum atomic E-state index is -0.352. The van der Waals surface area contributed by atoms with E-state index >= 15 is 0 Å². The van der Waals surface area contributed by atoms with Crippen LogP contribution < -0.4 is 4.74 Å². The number of aromatic hydroxyl groups is 1. The highest BCUT2D eigenvalue weighted by Crippen LogP contribution is 2.33. The van der Waals surface area contributed by atoms with E-state index < -0.39 is 0 Å². The largest absolute Gasteiger partial charge is 0.504 e.